The van der Waals surface area contributed by atoms with Crippen molar-refractivity contribution in [3.63, 3.8) is 0 Å². The average Bonchev–Trinajstić information content (AvgIpc) is 2.60. The quantitative estimate of drug-likeness (QED) is 0.832. The monoisotopic (exact) mass is 241 g/mol. The van der Waals surface area contributed by atoms with E-state index in [2.05, 4.69) is 10.1 Å². The highest BCUT2D eigenvalue weighted by molar-refractivity contribution is 5.41. The zero-order chi connectivity index (χ0) is 12.8. The maximum atomic E-state index is 12.5. The first-order valence-electron chi connectivity index (χ1n) is 5.20. The van der Waals surface area contributed by atoms with Gasteiger partial charge >= 0.3 is 0 Å². The molecule has 0 aliphatic carbocycles. The SMILES string of the molecule is CC(C)(C)c1nc2cc(C(F)F)cc(=O)n2[nH]1. The number of aromatic nitrogens is 3. The molecule has 4 nitrogen and oxygen atoms in total. The number of hydrogen-bond donors (Lipinski definition) is 1. The Hall–Kier alpha value is -1.72. The van der Waals surface area contributed by atoms with Crippen molar-refractivity contribution in [3.8, 4) is 0 Å². The molecular formula is C11H13F2N3O. The van der Waals surface area contributed by atoms with Crippen LogP contribution >= 0.6 is 0 Å². The van der Waals surface area contributed by atoms with Crippen LogP contribution in [0.3, 0.4) is 0 Å². The summed E-state index contributed by atoms with van der Waals surface area (Å²) in [4.78, 5) is 15.8. The Morgan fingerprint density at radius 2 is 2.00 bits per heavy atom. The van der Waals surface area contributed by atoms with Crippen LogP contribution in [0.4, 0.5) is 8.78 Å². The summed E-state index contributed by atoms with van der Waals surface area (Å²) in [5, 5.41) is 2.82. The van der Waals surface area contributed by atoms with Gasteiger partial charge in [-0.15, -0.1) is 0 Å². The van der Waals surface area contributed by atoms with Crippen molar-refractivity contribution in [1.82, 2.24) is 14.6 Å². The summed E-state index contributed by atoms with van der Waals surface area (Å²) in [5.74, 6) is 0.584. The molecule has 1 N–H and O–H groups in total. The van der Waals surface area contributed by atoms with E-state index < -0.39 is 12.0 Å². The molecule has 0 unspecified atom stereocenters. The number of rotatable bonds is 1. The van der Waals surface area contributed by atoms with E-state index in [1.165, 1.54) is 10.6 Å². The second kappa shape index (κ2) is 3.65. The van der Waals surface area contributed by atoms with E-state index in [-0.39, 0.29) is 16.6 Å². The van der Waals surface area contributed by atoms with Crippen molar-refractivity contribution >= 4 is 5.65 Å². The van der Waals surface area contributed by atoms with Crippen LogP contribution in [-0.4, -0.2) is 14.6 Å². The number of H-pyrrole nitrogens is 1. The molecule has 0 fully saturated rings. The lowest BCUT2D eigenvalue weighted by Gasteiger charge is -2.12. The van der Waals surface area contributed by atoms with E-state index in [9.17, 15) is 13.6 Å². The Morgan fingerprint density at radius 3 is 2.53 bits per heavy atom. The molecule has 0 radical (unpaired) electrons. The smallest absolute Gasteiger partial charge is 0.271 e. The van der Waals surface area contributed by atoms with E-state index in [0.717, 1.165) is 6.07 Å². The van der Waals surface area contributed by atoms with Gasteiger partial charge in [-0.1, -0.05) is 20.8 Å². The number of halogens is 2. The summed E-state index contributed by atoms with van der Waals surface area (Å²) in [7, 11) is 0. The molecule has 0 saturated heterocycles. The number of pyridine rings is 1. The van der Waals surface area contributed by atoms with Gasteiger partial charge in [-0.3, -0.25) is 9.89 Å². The minimum atomic E-state index is -2.66. The zero-order valence-electron chi connectivity index (χ0n) is 9.79. The molecule has 2 rings (SSSR count). The van der Waals surface area contributed by atoms with Crippen LogP contribution in [-0.2, 0) is 5.41 Å². The van der Waals surface area contributed by atoms with Crippen LogP contribution in [0.1, 0.15) is 38.6 Å². The predicted octanol–water partition coefficient (Wildman–Crippen LogP) is 2.26. The second-order valence-corrected chi connectivity index (χ2v) is 4.94. The fourth-order valence-corrected chi connectivity index (χ4v) is 1.48. The van der Waals surface area contributed by atoms with E-state index in [4.69, 9.17) is 0 Å². The molecule has 0 bridgehead atoms. The third-order valence-corrected chi connectivity index (χ3v) is 2.44. The van der Waals surface area contributed by atoms with E-state index in [0.29, 0.717) is 5.82 Å². The van der Waals surface area contributed by atoms with Gasteiger partial charge in [0.15, 0.2) is 5.65 Å². The Balaban J connectivity index is 2.70. The van der Waals surface area contributed by atoms with Crippen molar-refractivity contribution in [1.29, 1.82) is 0 Å². The fourth-order valence-electron chi connectivity index (χ4n) is 1.48. The highest BCUT2D eigenvalue weighted by Gasteiger charge is 2.20. The van der Waals surface area contributed by atoms with Crippen LogP contribution in [0.15, 0.2) is 16.9 Å². The number of fused-ring (bicyclic) bond motifs is 1. The number of hydrogen-bond acceptors (Lipinski definition) is 2. The molecule has 2 aromatic heterocycles. The lowest BCUT2D eigenvalue weighted by molar-refractivity contribution is 0.151. The minimum Gasteiger partial charge on any atom is -0.276 e. The molecule has 0 atom stereocenters. The molecule has 6 heteroatoms. The van der Waals surface area contributed by atoms with Crippen LogP contribution < -0.4 is 5.56 Å². The van der Waals surface area contributed by atoms with Gasteiger partial charge < -0.3 is 0 Å². The maximum Gasteiger partial charge on any atom is 0.271 e. The summed E-state index contributed by atoms with van der Waals surface area (Å²) in [6, 6.07) is 2.14. The lowest BCUT2D eigenvalue weighted by atomic mass is 9.96. The first kappa shape index (κ1) is 11.8. The first-order chi connectivity index (χ1) is 7.79. The van der Waals surface area contributed by atoms with Gasteiger partial charge in [-0.2, -0.15) is 0 Å². The van der Waals surface area contributed by atoms with Gasteiger partial charge in [0.25, 0.3) is 12.0 Å². The van der Waals surface area contributed by atoms with Crippen LogP contribution in [0.25, 0.3) is 5.65 Å². The summed E-state index contributed by atoms with van der Waals surface area (Å²) in [6.45, 7) is 5.76. The lowest BCUT2D eigenvalue weighted by Crippen LogP contribution is -2.16. The highest BCUT2D eigenvalue weighted by Crippen LogP contribution is 2.21. The third kappa shape index (κ3) is 2.07. The average molecular weight is 241 g/mol. The van der Waals surface area contributed by atoms with Crippen molar-refractivity contribution in [2.75, 3.05) is 0 Å². The third-order valence-electron chi connectivity index (χ3n) is 2.44. The molecule has 2 heterocycles. The zero-order valence-corrected chi connectivity index (χ0v) is 9.79. The summed E-state index contributed by atoms with van der Waals surface area (Å²) < 4.78 is 26.2. The molecule has 0 saturated carbocycles. The highest BCUT2D eigenvalue weighted by atomic mass is 19.3. The normalized spacial score (nSPS) is 12.6. The van der Waals surface area contributed by atoms with Gasteiger partial charge in [0, 0.05) is 17.0 Å². The van der Waals surface area contributed by atoms with Crippen molar-refractivity contribution in [2.45, 2.75) is 32.6 Å². The first-order valence-corrected chi connectivity index (χ1v) is 5.20. The topological polar surface area (TPSA) is 50.2 Å². The molecule has 0 amide bonds. The maximum absolute atomic E-state index is 12.5. The number of alkyl halides is 2. The van der Waals surface area contributed by atoms with Gasteiger partial charge in [0.05, 0.1) is 0 Å². The van der Waals surface area contributed by atoms with Gasteiger partial charge in [-0.25, -0.2) is 18.3 Å². The summed E-state index contributed by atoms with van der Waals surface area (Å²) in [6.07, 6.45) is -2.66. The van der Waals surface area contributed by atoms with Crippen LogP contribution in [0, 0.1) is 0 Å². The Labute approximate surface area is 96.3 Å². The van der Waals surface area contributed by atoms with Crippen molar-refractivity contribution in [3.05, 3.63) is 33.9 Å². The second-order valence-electron chi connectivity index (χ2n) is 4.94. The van der Waals surface area contributed by atoms with E-state index in [1.807, 2.05) is 20.8 Å². The molecule has 0 aliphatic rings. The Kier molecular flexibility index (Phi) is 2.52. The molecule has 0 aromatic carbocycles. The Morgan fingerprint density at radius 1 is 1.35 bits per heavy atom. The minimum absolute atomic E-state index is 0.220. The van der Waals surface area contributed by atoms with Crippen LogP contribution in [0.5, 0.6) is 0 Å². The van der Waals surface area contributed by atoms with Gasteiger partial charge in [0.1, 0.15) is 5.82 Å². The van der Waals surface area contributed by atoms with Gasteiger partial charge in [-0.05, 0) is 6.07 Å². The summed E-state index contributed by atoms with van der Waals surface area (Å²) in [5.41, 5.74) is -0.885. The number of nitrogens with one attached hydrogen (secondary N) is 1. The van der Waals surface area contributed by atoms with Crippen molar-refractivity contribution in [2.24, 2.45) is 0 Å². The molecule has 92 valence electrons. The van der Waals surface area contributed by atoms with Crippen LogP contribution in [0.2, 0.25) is 0 Å². The number of aromatic amines is 1. The molecule has 17 heavy (non-hydrogen) atoms. The molecular weight excluding hydrogens is 228 g/mol. The van der Waals surface area contributed by atoms with E-state index in [1.54, 1.807) is 0 Å². The largest absolute Gasteiger partial charge is 0.276 e. The standard InChI is InChI=1S/C11H13F2N3O/c1-11(2,3)10-14-7-4-6(9(12)13)5-8(17)16(7)15-10/h4-5,9H,1-3H3,(H,14,15). The van der Waals surface area contributed by atoms with Gasteiger partial charge in [0.2, 0.25) is 0 Å². The molecule has 0 spiro atoms. The molecule has 0 aliphatic heterocycles. The summed E-state index contributed by atoms with van der Waals surface area (Å²) >= 11 is 0. The van der Waals surface area contributed by atoms with E-state index >= 15 is 0 Å². The fraction of sp³-hybridized carbons (Fsp3) is 0.455. The predicted molar refractivity (Wildman–Crippen MR) is 59.5 cm³/mol. The molecule has 2 aromatic rings. The van der Waals surface area contributed by atoms with Crippen molar-refractivity contribution < 1.29 is 8.78 Å². The number of nitrogens with zero attached hydrogens (tertiary/aromatic N) is 2. The Bertz CT molecular complexity index is 607.